The van der Waals surface area contributed by atoms with E-state index >= 15 is 0 Å². The van der Waals surface area contributed by atoms with Gasteiger partial charge in [-0.05, 0) is 17.7 Å². The van der Waals surface area contributed by atoms with E-state index in [1.165, 1.54) is 0 Å². The van der Waals surface area contributed by atoms with Gasteiger partial charge < -0.3 is 10.6 Å². The maximum Gasteiger partial charge on any atom is 0.191 e. The van der Waals surface area contributed by atoms with Crippen LogP contribution in [0.2, 0.25) is 5.02 Å². The van der Waals surface area contributed by atoms with E-state index in [9.17, 15) is 8.42 Å². The number of halogens is 2. The van der Waals surface area contributed by atoms with E-state index in [1.54, 1.807) is 14.0 Å². The minimum atomic E-state index is -2.96. The van der Waals surface area contributed by atoms with Crippen molar-refractivity contribution in [1.82, 2.24) is 10.6 Å². The van der Waals surface area contributed by atoms with E-state index in [2.05, 4.69) is 15.6 Å². The van der Waals surface area contributed by atoms with Crippen molar-refractivity contribution < 1.29 is 8.42 Å². The van der Waals surface area contributed by atoms with Gasteiger partial charge in [0, 0.05) is 30.9 Å². The summed E-state index contributed by atoms with van der Waals surface area (Å²) in [5.74, 6) is 0.836. The van der Waals surface area contributed by atoms with Crippen molar-refractivity contribution in [1.29, 1.82) is 0 Å². The molecule has 1 rings (SSSR count). The number of nitrogens with zero attached hydrogens (tertiary/aromatic N) is 1. The first kappa shape index (κ1) is 20.5. The van der Waals surface area contributed by atoms with Gasteiger partial charge in [0.1, 0.15) is 0 Å². The van der Waals surface area contributed by atoms with Crippen molar-refractivity contribution >= 4 is 51.4 Å². The molecule has 0 aliphatic rings. The topological polar surface area (TPSA) is 70.6 Å². The number of benzene rings is 1. The molecule has 0 heterocycles. The number of aliphatic imine (C=N–C) groups is 1. The maximum absolute atomic E-state index is 11.4. The molecule has 0 radical (unpaired) electrons. The average molecular weight is 446 g/mol. The molecule has 1 aromatic carbocycles. The maximum atomic E-state index is 11.4. The zero-order chi connectivity index (χ0) is 15.0. The highest BCUT2D eigenvalue weighted by atomic mass is 127. The average Bonchev–Trinajstić information content (AvgIpc) is 2.44. The lowest BCUT2D eigenvalue weighted by molar-refractivity contribution is 0.595. The second-order valence-electron chi connectivity index (χ2n) is 4.22. The molecule has 21 heavy (non-hydrogen) atoms. The van der Waals surface area contributed by atoms with E-state index in [0.29, 0.717) is 24.1 Å². The van der Waals surface area contributed by atoms with Crippen LogP contribution in [-0.4, -0.2) is 39.5 Å². The summed E-state index contributed by atoms with van der Waals surface area (Å²) in [7, 11) is -1.31. The Balaban J connectivity index is 0.00000400. The van der Waals surface area contributed by atoms with Crippen LogP contribution in [0.5, 0.6) is 0 Å². The first-order chi connectivity index (χ1) is 9.46. The molecule has 2 N–H and O–H groups in total. The molecule has 1 aromatic rings. The number of nitrogens with one attached hydrogen (secondary N) is 2. The minimum absolute atomic E-state index is 0. The van der Waals surface area contributed by atoms with Crippen molar-refractivity contribution in [2.45, 2.75) is 13.5 Å². The monoisotopic (exact) mass is 445 g/mol. The van der Waals surface area contributed by atoms with Crippen molar-refractivity contribution in [3.05, 3.63) is 34.9 Å². The van der Waals surface area contributed by atoms with Crippen LogP contribution in [0, 0.1) is 0 Å². The first-order valence-electron chi connectivity index (χ1n) is 6.36. The van der Waals surface area contributed by atoms with Gasteiger partial charge in [0.25, 0.3) is 0 Å². The molecule has 0 amide bonds. The van der Waals surface area contributed by atoms with Crippen LogP contribution in [0.3, 0.4) is 0 Å². The molecule has 0 atom stereocenters. The second kappa shape index (κ2) is 10.2. The molecule has 0 spiro atoms. The Morgan fingerprint density at radius 3 is 2.38 bits per heavy atom. The minimum Gasteiger partial charge on any atom is -0.355 e. The van der Waals surface area contributed by atoms with Crippen LogP contribution < -0.4 is 10.6 Å². The van der Waals surface area contributed by atoms with E-state index in [-0.39, 0.29) is 35.5 Å². The van der Waals surface area contributed by atoms with Crippen LogP contribution in [0.25, 0.3) is 0 Å². The fourth-order valence-corrected chi connectivity index (χ4v) is 2.31. The summed E-state index contributed by atoms with van der Waals surface area (Å²) in [4.78, 5) is 4.04. The summed E-state index contributed by atoms with van der Waals surface area (Å²) < 4.78 is 22.7. The largest absolute Gasteiger partial charge is 0.355 e. The van der Waals surface area contributed by atoms with Gasteiger partial charge in [0.05, 0.1) is 5.75 Å². The molecular weight excluding hydrogens is 425 g/mol. The van der Waals surface area contributed by atoms with E-state index in [0.717, 1.165) is 5.56 Å². The molecule has 8 heteroatoms. The van der Waals surface area contributed by atoms with Crippen LogP contribution in [-0.2, 0) is 16.4 Å². The second-order valence-corrected chi connectivity index (χ2v) is 7.12. The summed E-state index contributed by atoms with van der Waals surface area (Å²) in [6.45, 7) is 2.58. The molecule has 0 aliphatic heterocycles. The Labute approximate surface area is 148 Å². The van der Waals surface area contributed by atoms with Crippen LogP contribution in [0.15, 0.2) is 29.3 Å². The van der Waals surface area contributed by atoms with Crippen molar-refractivity contribution in [3.63, 3.8) is 0 Å². The Morgan fingerprint density at radius 2 is 1.86 bits per heavy atom. The number of guanidine groups is 1. The quantitative estimate of drug-likeness (QED) is 0.399. The smallest absolute Gasteiger partial charge is 0.191 e. The SMILES string of the molecule is CCS(=O)(=O)CCNC(=NC)NCc1ccc(Cl)cc1.I. The Bertz CT molecular complexity index is 547. The van der Waals surface area contributed by atoms with Gasteiger partial charge in [-0.3, -0.25) is 4.99 Å². The lowest BCUT2D eigenvalue weighted by Crippen LogP contribution is -2.39. The van der Waals surface area contributed by atoms with Crippen molar-refractivity contribution in [2.75, 3.05) is 25.1 Å². The van der Waals surface area contributed by atoms with E-state index in [4.69, 9.17) is 11.6 Å². The zero-order valence-electron chi connectivity index (χ0n) is 12.1. The van der Waals surface area contributed by atoms with Crippen LogP contribution >= 0.6 is 35.6 Å². The summed E-state index contributed by atoms with van der Waals surface area (Å²) >= 11 is 5.81. The molecule has 0 aromatic heterocycles. The third-order valence-corrected chi connectivity index (χ3v) is 4.70. The number of hydrogen-bond acceptors (Lipinski definition) is 3. The standard InChI is InChI=1S/C13H20ClN3O2S.HI/c1-3-20(18,19)9-8-16-13(15-2)17-10-11-4-6-12(14)7-5-11;/h4-7H,3,8-10H2,1-2H3,(H2,15,16,17);1H. The normalized spacial score (nSPS) is 11.7. The van der Waals surface area contributed by atoms with Gasteiger partial charge in [0.15, 0.2) is 15.8 Å². The molecule has 0 unspecified atom stereocenters. The summed E-state index contributed by atoms with van der Waals surface area (Å²) in [6, 6.07) is 7.49. The Kier molecular flexibility index (Phi) is 9.97. The highest BCUT2D eigenvalue weighted by Gasteiger charge is 2.07. The fourth-order valence-electron chi connectivity index (χ4n) is 1.48. The van der Waals surface area contributed by atoms with Gasteiger partial charge in [-0.1, -0.05) is 30.7 Å². The molecule has 120 valence electrons. The third kappa shape index (κ3) is 8.47. The highest BCUT2D eigenvalue weighted by molar-refractivity contribution is 14.0. The van der Waals surface area contributed by atoms with Crippen LogP contribution in [0.1, 0.15) is 12.5 Å². The Hall–Kier alpha value is -0.540. The van der Waals surface area contributed by atoms with Crippen molar-refractivity contribution in [3.8, 4) is 0 Å². The fraction of sp³-hybridized carbons (Fsp3) is 0.462. The molecule has 0 bridgehead atoms. The van der Waals surface area contributed by atoms with Gasteiger partial charge in [-0.25, -0.2) is 8.42 Å². The molecule has 0 fully saturated rings. The van der Waals surface area contributed by atoms with Gasteiger partial charge in [-0.15, -0.1) is 24.0 Å². The van der Waals surface area contributed by atoms with Gasteiger partial charge >= 0.3 is 0 Å². The van der Waals surface area contributed by atoms with E-state index in [1.807, 2.05) is 24.3 Å². The predicted molar refractivity (Wildman–Crippen MR) is 99.4 cm³/mol. The summed E-state index contributed by atoms with van der Waals surface area (Å²) in [6.07, 6.45) is 0. The zero-order valence-corrected chi connectivity index (χ0v) is 16.0. The number of hydrogen-bond donors (Lipinski definition) is 2. The molecule has 0 aliphatic carbocycles. The number of rotatable bonds is 6. The van der Waals surface area contributed by atoms with Crippen LogP contribution in [0.4, 0.5) is 0 Å². The Morgan fingerprint density at radius 1 is 1.24 bits per heavy atom. The third-order valence-electron chi connectivity index (χ3n) is 2.74. The first-order valence-corrected chi connectivity index (χ1v) is 8.56. The van der Waals surface area contributed by atoms with E-state index < -0.39 is 9.84 Å². The predicted octanol–water partition coefficient (Wildman–Crippen LogP) is 2.06. The van der Waals surface area contributed by atoms with Gasteiger partial charge in [0.2, 0.25) is 0 Å². The lowest BCUT2D eigenvalue weighted by atomic mass is 10.2. The number of sulfone groups is 1. The highest BCUT2D eigenvalue weighted by Crippen LogP contribution is 2.08. The lowest BCUT2D eigenvalue weighted by Gasteiger charge is -2.11. The van der Waals surface area contributed by atoms with Gasteiger partial charge in [-0.2, -0.15) is 0 Å². The van der Waals surface area contributed by atoms with Crippen molar-refractivity contribution in [2.24, 2.45) is 4.99 Å². The molecule has 0 saturated carbocycles. The molecule has 0 saturated heterocycles. The molecule has 5 nitrogen and oxygen atoms in total. The molecular formula is C13H21ClIN3O2S. The summed E-state index contributed by atoms with van der Waals surface area (Å²) in [5, 5.41) is 6.78. The summed E-state index contributed by atoms with van der Waals surface area (Å²) in [5.41, 5.74) is 1.07.